The standard InChI is InChI=1S/C12H12/c1-5-9-10(6-2)12(8-4)11(9)7-3/h5-8H,1-4H2. The second-order valence-corrected chi connectivity index (χ2v) is 2.47. The van der Waals surface area contributed by atoms with Gasteiger partial charge in [0.05, 0.1) is 0 Å². The van der Waals surface area contributed by atoms with Crippen LogP contribution in [0, 0.1) is 0 Å². The van der Waals surface area contributed by atoms with E-state index in [2.05, 4.69) is 26.3 Å². The predicted molar refractivity (Wildman–Crippen MR) is 54.8 cm³/mol. The number of hydrogen-bond acceptors (Lipinski definition) is 0. The highest BCUT2D eigenvalue weighted by molar-refractivity contribution is 5.73. The molecule has 1 rings (SSSR count). The van der Waals surface area contributed by atoms with Gasteiger partial charge in [0.15, 0.2) is 0 Å². The van der Waals surface area contributed by atoms with E-state index in [0.29, 0.717) is 0 Å². The fraction of sp³-hybridized carbons (Fsp3) is 0. The SMILES string of the molecule is C=CC1=C(C=C)C(C=C)=C1C=C. The van der Waals surface area contributed by atoms with Crippen LogP contribution in [-0.4, -0.2) is 0 Å². The normalized spacial score (nSPS) is 15.3. The molecule has 0 saturated carbocycles. The second-order valence-electron chi connectivity index (χ2n) is 2.47. The largest absolute Gasteiger partial charge is 0.0984 e. The number of allylic oxidation sites excluding steroid dienone is 8. The van der Waals surface area contributed by atoms with Crippen molar-refractivity contribution in [2.75, 3.05) is 0 Å². The summed E-state index contributed by atoms with van der Waals surface area (Å²) in [6.07, 6.45) is 7.28. The molecule has 0 nitrogen and oxygen atoms in total. The van der Waals surface area contributed by atoms with Crippen LogP contribution >= 0.6 is 0 Å². The third kappa shape index (κ3) is 0.928. The minimum atomic E-state index is 1.12. The zero-order valence-corrected chi connectivity index (χ0v) is 7.14. The van der Waals surface area contributed by atoms with Gasteiger partial charge in [0, 0.05) is 0 Å². The minimum absolute atomic E-state index is 1.12. The van der Waals surface area contributed by atoms with Crippen LogP contribution in [0.4, 0.5) is 0 Å². The Bertz CT molecular complexity index is 245. The molecule has 0 amide bonds. The van der Waals surface area contributed by atoms with Crippen molar-refractivity contribution in [2.45, 2.75) is 0 Å². The Morgan fingerprint density at radius 1 is 0.500 bits per heavy atom. The average molecular weight is 156 g/mol. The van der Waals surface area contributed by atoms with E-state index >= 15 is 0 Å². The van der Waals surface area contributed by atoms with Gasteiger partial charge in [-0.2, -0.15) is 0 Å². The lowest BCUT2D eigenvalue weighted by Gasteiger charge is -2.23. The van der Waals surface area contributed by atoms with E-state index in [9.17, 15) is 0 Å². The topological polar surface area (TPSA) is 0 Å². The van der Waals surface area contributed by atoms with Gasteiger partial charge in [-0.3, -0.25) is 0 Å². The molecular weight excluding hydrogens is 144 g/mol. The molecule has 1 aliphatic carbocycles. The number of rotatable bonds is 4. The molecule has 0 N–H and O–H groups in total. The highest BCUT2D eigenvalue weighted by atomic mass is 14.2. The Labute approximate surface area is 73.6 Å². The lowest BCUT2D eigenvalue weighted by atomic mass is 9.80. The Kier molecular flexibility index (Phi) is 2.29. The van der Waals surface area contributed by atoms with Crippen molar-refractivity contribution in [1.29, 1.82) is 0 Å². The molecule has 0 aromatic rings. The first-order valence-electron chi connectivity index (χ1n) is 3.79. The van der Waals surface area contributed by atoms with Gasteiger partial charge in [-0.15, -0.1) is 0 Å². The highest BCUT2D eigenvalue weighted by Crippen LogP contribution is 2.37. The van der Waals surface area contributed by atoms with Gasteiger partial charge in [-0.1, -0.05) is 50.6 Å². The van der Waals surface area contributed by atoms with Crippen molar-refractivity contribution in [3.8, 4) is 0 Å². The maximum atomic E-state index is 3.73. The summed E-state index contributed by atoms with van der Waals surface area (Å²) in [6, 6.07) is 0. The van der Waals surface area contributed by atoms with Crippen molar-refractivity contribution < 1.29 is 0 Å². The van der Waals surface area contributed by atoms with E-state index < -0.39 is 0 Å². The molecule has 60 valence electrons. The van der Waals surface area contributed by atoms with Crippen LogP contribution in [0.25, 0.3) is 0 Å². The fourth-order valence-corrected chi connectivity index (χ4v) is 1.40. The Balaban J connectivity index is 3.14. The molecule has 12 heavy (non-hydrogen) atoms. The van der Waals surface area contributed by atoms with Gasteiger partial charge in [0.2, 0.25) is 0 Å². The van der Waals surface area contributed by atoms with Crippen molar-refractivity contribution in [3.63, 3.8) is 0 Å². The van der Waals surface area contributed by atoms with E-state index in [-0.39, 0.29) is 0 Å². The zero-order chi connectivity index (χ0) is 9.14. The summed E-state index contributed by atoms with van der Waals surface area (Å²) < 4.78 is 0. The van der Waals surface area contributed by atoms with Crippen LogP contribution < -0.4 is 0 Å². The first-order chi connectivity index (χ1) is 5.79. The van der Waals surface area contributed by atoms with Crippen LogP contribution in [0.2, 0.25) is 0 Å². The molecule has 0 bridgehead atoms. The number of hydrogen-bond donors (Lipinski definition) is 0. The molecule has 0 heteroatoms. The molecule has 0 saturated heterocycles. The Morgan fingerprint density at radius 2 is 0.667 bits per heavy atom. The predicted octanol–water partition coefficient (Wildman–Crippen LogP) is 3.34. The molecule has 0 aromatic carbocycles. The first kappa shape index (κ1) is 8.54. The van der Waals surface area contributed by atoms with Crippen LogP contribution in [0.1, 0.15) is 0 Å². The smallest absolute Gasteiger partial charge is 0.0105 e. The van der Waals surface area contributed by atoms with Crippen molar-refractivity contribution in [1.82, 2.24) is 0 Å². The van der Waals surface area contributed by atoms with Gasteiger partial charge in [-0.05, 0) is 22.3 Å². The van der Waals surface area contributed by atoms with Crippen LogP contribution in [0.15, 0.2) is 72.9 Å². The van der Waals surface area contributed by atoms with Gasteiger partial charge < -0.3 is 0 Å². The Hall–Kier alpha value is -1.56. The summed E-state index contributed by atoms with van der Waals surface area (Å²) in [5, 5.41) is 0. The third-order valence-corrected chi connectivity index (χ3v) is 1.98. The molecule has 1 aliphatic rings. The van der Waals surface area contributed by atoms with E-state index in [1.807, 2.05) is 24.3 Å². The molecule has 0 aromatic heterocycles. The molecule has 0 fully saturated rings. The minimum Gasteiger partial charge on any atom is -0.0984 e. The monoisotopic (exact) mass is 156 g/mol. The fourth-order valence-electron chi connectivity index (χ4n) is 1.40. The molecular formula is C12H12. The van der Waals surface area contributed by atoms with Crippen LogP contribution in [-0.2, 0) is 0 Å². The average Bonchev–Trinajstić information content (AvgIpc) is 2.05. The molecule has 0 atom stereocenters. The third-order valence-electron chi connectivity index (χ3n) is 1.98. The summed E-state index contributed by atoms with van der Waals surface area (Å²) >= 11 is 0. The van der Waals surface area contributed by atoms with Crippen LogP contribution in [0.5, 0.6) is 0 Å². The molecule has 0 spiro atoms. The highest BCUT2D eigenvalue weighted by Gasteiger charge is 2.19. The second kappa shape index (κ2) is 3.22. The van der Waals surface area contributed by atoms with Gasteiger partial charge in [0.25, 0.3) is 0 Å². The summed E-state index contributed by atoms with van der Waals surface area (Å²) in [5.74, 6) is 0. The van der Waals surface area contributed by atoms with Gasteiger partial charge in [0.1, 0.15) is 0 Å². The first-order valence-corrected chi connectivity index (χ1v) is 3.79. The quantitative estimate of drug-likeness (QED) is 0.585. The van der Waals surface area contributed by atoms with Crippen molar-refractivity contribution >= 4 is 0 Å². The molecule has 0 radical (unpaired) electrons. The van der Waals surface area contributed by atoms with Crippen molar-refractivity contribution in [3.05, 3.63) is 72.9 Å². The summed E-state index contributed by atoms with van der Waals surface area (Å²) in [5.41, 5.74) is 4.48. The maximum absolute atomic E-state index is 3.73. The van der Waals surface area contributed by atoms with Crippen LogP contribution in [0.3, 0.4) is 0 Å². The van der Waals surface area contributed by atoms with Crippen molar-refractivity contribution in [2.24, 2.45) is 0 Å². The molecule has 0 heterocycles. The summed E-state index contributed by atoms with van der Waals surface area (Å²) in [4.78, 5) is 0. The van der Waals surface area contributed by atoms with E-state index in [1.54, 1.807) is 0 Å². The van der Waals surface area contributed by atoms with E-state index in [1.165, 1.54) is 0 Å². The lowest BCUT2D eigenvalue weighted by molar-refractivity contribution is 1.30. The molecule has 0 aliphatic heterocycles. The van der Waals surface area contributed by atoms with Gasteiger partial charge in [-0.25, -0.2) is 0 Å². The lowest BCUT2D eigenvalue weighted by Crippen LogP contribution is -2.05. The zero-order valence-electron chi connectivity index (χ0n) is 7.14. The Morgan fingerprint density at radius 3 is 0.750 bits per heavy atom. The molecule has 0 unspecified atom stereocenters. The summed E-state index contributed by atoms with van der Waals surface area (Å²) in [6.45, 7) is 14.9. The van der Waals surface area contributed by atoms with Gasteiger partial charge >= 0.3 is 0 Å². The van der Waals surface area contributed by atoms with E-state index in [0.717, 1.165) is 22.3 Å². The van der Waals surface area contributed by atoms with E-state index in [4.69, 9.17) is 0 Å². The maximum Gasteiger partial charge on any atom is -0.0105 e. The summed E-state index contributed by atoms with van der Waals surface area (Å²) in [7, 11) is 0.